The summed E-state index contributed by atoms with van der Waals surface area (Å²) >= 11 is 0. The van der Waals surface area contributed by atoms with E-state index in [4.69, 9.17) is 9.26 Å². The SMILES string of the molecule is Cc1cc(CN(C)C(=O)NCc2cccc(COc3ccccc3)c2)no1. The van der Waals surface area contributed by atoms with Gasteiger partial charge >= 0.3 is 6.03 Å². The van der Waals surface area contributed by atoms with Gasteiger partial charge in [-0.25, -0.2) is 4.79 Å². The fraction of sp³-hybridized carbons (Fsp3) is 0.238. The lowest BCUT2D eigenvalue weighted by molar-refractivity contribution is 0.205. The topological polar surface area (TPSA) is 67.6 Å². The maximum Gasteiger partial charge on any atom is 0.317 e. The summed E-state index contributed by atoms with van der Waals surface area (Å²) in [6.45, 7) is 3.15. The number of hydrogen-bond acceptors (Lipinski definition) is 4. The number of amides is 2. The second-order valence-electron chi connectivity index (χ2n) is 6.37. The van der Waals surface area contributed by atoms with Crippen molar-refractivity contribution in [1.82, 2.24) is 15.4 Å². The molecule has 1 heterocycles. The fourth-order valence-corrected chi connectivity index (χ4v) is 2.63. The summed E-state index contributed by atoms with van der Waals surface area (Å²) < 4.78 is 10.8. The van der Waals surface area contributed by atoms with Gasteiger partial charge in [0.2, 0.25) is 0 Å². The highest BCUT2D eigenvalue weighted by Crippen LogP contribution is 2.13. The van der Waals surface area contributed by atoms with Crippen LogP contribution in [0.5, 0.6) is 5.75 Å². The van der Waals surface area contributed by atoms with E-state index < -0.39 is 0 Å². The summed E-state index contributed by atoms with van der Waals surface area (Å²) in [6, 6.07) is 19.3. The van der Waals surface area contributed by atoms with Gasteiger partial charge in [-0.05, 0) is 30.2 Å². The maximum absolute atomic E-state index is 12.3. The highest BCUT2D eigenvalue weighted by molar-refractivity contribution is 5.73. The van der Waals surface area contributed by atoms with Crippen molar-refractivity contribution in [3.63, 3.8) is 0 Å². The summed E-state index contributed by atoms with van der Waals surface area (Å²) in [5.41, 5.74) is 2.80. The lowest BCUT2D eigenvalue weighted by Gasteiger charge is -2.16. The van der Waals surface area contributed by atoms with Gasteiger partial charge in [0.15, 0.2) is 0 Å². The first-order valence-corrected chi connectivity index (χ1v) is 8.77. The van der Waals surface area contributed by atoms with Gasteiger partial charge in [0.05, 0.1) is 6.54 Å². The van der Waals surface area contributed by atoms with Crippen molar-refractivity contribution >= 4 is 6.03 Å². The molecule has 1 N–H and O–H groups in total. The number of aryl methyl sites for hydroxylation is 1. The number of carbonyl (C=O) groups excluding carboxylic acids is 1. The largest absolute Gasteiger partial charge is 0.489 e. The zero-order chi connectivity index (χ0) is 19.1. The summed E-state index contributed by atoms with van der Waals surface area (Å²) in [5, 5.41) is 6.82. The van der Waals surface area contributed by atoms with E-state index in [0.29, 0.717) is 19.7 Å². The molecule has 0 aliphatic rings. The van der Waals surface area contributed by atoms with Crippen LogP contribution in [0.4, 0.5) is 4.79 Å². The van der Waals surface area contributed by atoms with Crippen LogP contribution in [0.25, 0.3) is 0 Å². The third-order valence-electron chi connectivity index (χ3n) is 4.01. The number of aromatic nitrogens is 1. The second-order valence-corrected chi connectivity index (χ2v) is 6.37. The Morgan fingerprint density at radius 1 is 1.11 bits per heavy atom. The molecule has 140 valence electrons. The molecule has 0 unspecified atom stereocenters. The number of para-hydroxylation sites is 1. The quantitative estimate of drug-likeness (QED) is 0.689. The lowest BCUT2D eigenvalue weighted by atomic mass is 10.1. The van der Waals surface area contributed by atoms with Crippen LogP contribution in [0.3, 0.4) is 0 Å². The van der Waals surface area contributed by atoms with Gasteiger partial charge in [0.25, 0.3) is 0 Å². The van der Waals surface area contributed by atoms with Crippen LogP contribution in [0, 0.1) is 6.92 Å². The van der Waals surface area contributed by atoms with Crippen LogP contribution in [0.15, 0.2) is 65.2 Å². The highest BCUT2D eigenvalue weighted by Gasteiger charge is 2.11. The molecule has 0 aliphatic heterocycles. The molecule has 0 saturated heterocycles. The maximum atomic E-state index is 12.3. The number of hydrogen-bond donors (Lipinski definition) is 1. The van der Waals surface area contributed by atoms with Gasteiger partial charge in [-0.2, -0.15) is 0 Å². The number of urea groups is 1. The Balaban J connectivity index is 1.49. The van der Waals surface area contributed by atoms with Crippen molar-refractivity contribution in [1.29, 1.82) is 0 Å². The minimum absolute atomic E-state index is 0.165. The van der Waals surface area contributed by atoms with Crippen LogP contribution in [0.2, 0.25) is 0 Å². The molecular weight excluding hydrogens is 342 g/mol. The van der Waals surface area contributed by atoms with Crippen LogP contribution >= 0.6 is 0 Å². The molecule has 3 rings (SSSR count). The highest BCUT2D eigenvalue weighted by atomic mass is 16.5. The molecule has 0 radical (unpaired) electrons. The Morgan fingerprint density at radius 2 is 1.89 bits per heavy atom. The first-order chi connectivity index (χ1) is 13.1. The van der Waals surface area contributed by atoms with Gasteiger partial charge in [-0.1, -0.05) is 47.6 Å². The molecule has 0 aliphatic carbocycles. The van der Waals surface area contributed by atoms with Crippen LogP contribution in [-0.4, -0.2) is 23.1 Å². The first kappa shape index (κ1) is 18.5. The summed E-state index contributed by atoms with van der Waals surface area (Å²) in [5.74, 6) is 1.56. The van der Waals surface area contributed by atoms with Crippen molar-refractivity contribution in [3.8, 4) is 5.75 Å². The van der Waals surface area contributed by atoms with Gasteiger partial charge in [0.1, 0.15) is 23.8 Å². The molecule has 0 bridgehead atoms. The summed E-state index contributed by atoms with van der Waals surface area (Å²) in [6.07, 6.45) is 0. The molecule has 2 aromatic carbocycles. The van der Waals surface area contributed by atoms with E-state index in [9.17, 15) is 4.79 Å². The van der Waals surface area contributed by atoms with E-state index in [1.807, 2.05) is 67.6 Å². The number of nitrogens with zero attached hydrogens (tertiary/aromatic N) is 2. The van der Waals surface area contributed by atoms with E-state index in [1.165, 1.54) is 0 Å². The van der Waals surface area contributed by atoms with Gasteiger partial charge < -0.3 is 19.5 Å². The molecule has 6 nitrogen and oxygen atoms in total. The third-order valence-corrected chi connectivity index (χ3v) is 4.01. The Morgan fingerprint density at radius 3 is 2.63 bits per heavy atom. The Kier molecular flexibility index (Phi) is 6.10. The number of nitrogens with one attached hydrogen (secondary N) is 1. The number of ether oxygens (including phenoxy) is 1. The molecule has 1 aromatic heterocycles. The number of carbonyl (C=O) groups is 1. The molecule has 27 heavy (non-hydrogen) atoms. The normalized spacial score (nSPS) is 10.4. The zero-order valence-corrected chi connectivity index (χ0v) is 15.5. The standard InChI is InChI=1S/C21H23N3O3/c1-16-11-19(23-27-16)14-24(2)21(25)22-13-17-7-6-8-18(12-17)15-26-20-9-4-3-5-10-20/h3-12H,13-15H2,1-2H3,(H,22,25). The Bertz CT molecular complexity index is 877. The van der Waals surface area contributed by atoms with E-state index in [-0.39, 0.29) is 6.03 Å². The van der Waals surface area contributed by atoms with Gasteiger partial charge in [-0.3, -0.25) is 0 Å². The molecule has 0 saturated carbocycles. The minimum atomic E-state index is -0.165. The van der Waals surface area contributed by atoms with Crippen LogP contribution in [0.1, 0.15) is 22.6 Å². The van der Waals surface area contributed by atoms with Crippen molar-refractivity contribution in [2.24, 2.45) is 0 Å². The fourth-order valence-electron chi connectivity index (χ4n) is 2.63. The summed E-state index contributed by atoms with van der Waals surface area (Å²) in [7, 11) is 1.73. The first-order valence-electron chi connectivity index (χ1n) is 8.77. The second kappa shape index (κ2) is 8.89. The van der Waals surface area contributed by atoms with Crippen molar-refractivity contribution in [3.05, 3.63) is 83.2 Å². The Hall–Kier alpha value is -3.28. The van der Waals surface area contributed by atoms with Crippen LogP contribution < -0.4 is 10.1 Å². The molecule has 0 spiro atoms. The average Bonchev–Trinajstić information content (AvgIpc) is 3.10. The van der Waals surface area contributed by atoms with E-state index >= 15 is 0 Å². The van der Waals surface area contributed by atoms with E-state index in [2.05, 4.69) is 10.5 Å². The third kappa shape index (κ3) is 5.60. The molecule has 0 fully saturated rings. The molecule has 2 amide bonds. The molecular formula is C21H23N3O3. The average molecular weight is 365 g/mol. The summed E-state index contributed by atoms with van der Waals surface area (Å²) in [4.78, 5) is 13.8. The predicted molar refractivity (Wildman–Crippen MR) is 102 cm³/mol. The number of benzene rings is 2. The lowest BCUT2D eigenvalue weighted by Crippen LogP contribution is -2.36. The van der Waals surface area contributed by atoms with Gasteiger partial charge in [-0.15, -0.1) is 0 Å². The molecule has 6 heteroatoms. The van der Waals surface area contributed by atoms with E-state index in [1.54, 1.807) is 11.9 Å². The molecule has 3 aromatic rings. The zero-order valence-electron chi connectivity index (χ0n) is 15.5. The van der Waals surface area contributed by atoms with E-state index in [0.717, 1.165) is 28.3 Å². The van der Waals surface area contributed by atoms with Crippen molar-refractivity contribution < 1.29 is 14.1 Å². The monoisotopic (exact) mass is 365 g/mol. The van der Waals surface area contributed by atoms with Crippen LogP contribution in [-0.2, 0) is 19.7 Å². The molecule has 0 atom stereocenters. The van der Waals surface area contributed by atoms with Crippen molar-refractivity contribution in [2.45, 2.75) is 26.6 Å². The Labute approximate surface area is 158 Å². The number of rotatable bonds is 7. The predicted octanol–water partition coefficient (Wildman–Crippen LogP) is 3.90. The van der Waals surface area contributed by atoms with Crippen molar-refractivity contribution in [2.75, 3.05) is 7.05 Å². The van der Waals surface area contributed by atoms with Gasteiger partial charge in [0, 0.05) is 19.7 Å². The smallest absolute Gasteiger partial charge is 0.317 e. The minimum Gasteiger partial charge on any atom is -0.489 e.